The van der Waals surface area contributed by atoms with Crippen LogP contribution < -0.4 is 0 Å². The zero-order chi connectivity index (χ0) is 14.7. The molecule has 106 valence electrons. The Labute approximate surface area is 124 Å². The van der Waals surface area contributed by atoms with Crippen molar-refractivity contribution in [2.24, 2.45) is 7.05 Å². The van der Waals surface area contributed by atoms with Gasteiger partial charge in [-0.05, 0) is 17.2 Å². The molecule has 0 radical (unpaired) electrons. The number of hydrogen-bond acceptors (Lipinski definition) is 2. The van der Waals surface area contributed by atoms with Crippen molar-refractivity contribution in [2.75, 3.05) is 0 Å². The van der Waals surface area contributed by atoms with Gasteiger partial charge < -0.3 is 5.11 Å². The maximum Gasteiger partial charge on any atom is 0.106 e. The molecule has 0 fully saturated rings. The van der Waals surface area contributed by atoms with Gasteiger partial charge >= 0.3 is 0 Å². The van der Waals surface area contributed by atoms with Crippen molar-refractivity contribution >= 4 is 0 Å². The third-order valence-electron chi connectivity index (χ3n) is 3.79. The highest BCUT2D eigenvalue weighted by Gasteiger charge is 2.26. The molecule has 0 spiro atoms. The summed E-state index contributed by atoms with van der Waals surface area (Å²) < 4.78 is 1.73. The van der Waals surface area contributed by atoms with Gasteiger partial charge in [-0.1, -0.05) is 60.7 Å². The molecule has 3 rings (SSSR count). The zero-order valence-electron chi connectivity index (χ0n) is 11.9. The lowest BCUT2D eigenvalue weighted by Crippen LogP contribution is -2.15. The van der Waals surface area contributed by atoms with E-state index in [0.29, 0.717) is 0 Å². The van der Waals surface area contributed by atoms with Crippen molar-refractivity contribution in [2.45, 2.75) is 12.0 Å². The SMILES string of the molecule is Cn1nccc1C(O)C(c1ccccc1)c1ccccc1. The smallest absolute Gasteiger partial charge is 0.106 e. The number of aliphatic hydroxyl groups excluding tert-OH is 1. The molecule has 2 aromatic carbocycles. The first-order chi connectivity index (χ1) is 10.3. The first kappa shape index (κ1) is 13.6. The van der Waals surface area contributed by atoms with E-state index in [1.807, 2.05) is 49.5 Å². The molecule has 3 nitrogen and oxygen atoms in total. The fraction of sp³-hybridized carbons (Fsp3) is 0.167. The Morgan fingerprint density at radius 1 is 0.857 bits per heavy atom. The Kier molecular flexibility index (Phi) is 3.84. The quantitative estimate of drug-likeness (QED) is 0.795. The molecule has 1 unspecified atom stereocenters. The predicted octanol–water partition coefficient (Wildman–Crippen LogP) is 3.29. The van der Waals surface area contributed by atoms with Crippen molar-refractivity contribution in [3.05, 3.63) is 89.7 Å². The minimum atomic E-state index is -0.637. The predicted molar refractivity (Wildman–Crippen MR) is 82.9 cm³/mol. The largest absolute Gasteiger partial charge is 0.386 e. The topological polar surface area (TPSA) is 38.0 Å². The van der Waals surface area contributed by atoms with Gasteiger partial charge in [0.1, 0.15) is 6.10 Å². The van der Waals surface area contributed by atoms with Crippen LogP contribution in [0.5, 0.6) is 0 Å². The molecule has 0 aliphatic heterocycles. The second-order valence-electron chi connectivity index (χ2n) is 5.12. The van der Waals surface area contributed by atoms with Crippen LogP contribution in [-0.4, -0.2) is 14.9 Å². The summed E-state index contributed by atoms with van der Waals surface area (Å²) in [6.45, 7) is 0. The van der Waals surface area contributed by atoms with Gasteiger partial charge in [0.2, 0.25) is 0 Å². The normalized spacial score (nSPS) is 12.5. The number of aliphatic hydroxyl groups is 1. The van der Waals surface area contributed by atoms with Crippen LogP contribution in [0.1, 0.15) is 28.8 Å². The first-order valence-electron chi connectivity index (χ1n) is 7.03. The molecule has 3 heteroatoms. The fourth-order valence-corrected chi connectivity index (χ4v) is 2.72. The second-order valence-corrected chi connectivity index (χ2v) is 5.12. The Hall–Kier alpha value is -2.39. The molecule has 0 saturated heterocycles. The molecule has 0 bridgehead atoms. The molecule has 0 saturated carbocycles. The van der Waals surface area contributed by atoms with Crippen LogP contribution >= 0.6 is 0 Å². The van der Waals surface area contributed by atoms with Crippen molar-refractivity contribution in [1.82, 2.24) is 9.78 Å². The maximum atomic E-state index is 10.9. The summed E-state index contributed by atoms with van der Waals surface area (Å²) in [5.41, 5.74) is 3.00. The van der Waals surface area contributed by atoms with E-state index in [9.17, 15) is 5.11 Å². The number of rotatable bonds is 4. The minimum absolute atomic E-state index is 0.109. The molecular weight excluding hydrogens is 260 g/mol. The summed E-state index contributed by atoms with van der Waals surface area (Å²) in [7, 11) is 1.85. The van der Waals surface area contributed by atoms with Gasteiger partial charge in [-0.2, -0.15) is 5.10 Å². The monoisotopic (exact) mass is 278 g/mol. The van der Waals surface area contributed by atoms with E-state index in [1.165, 1.54) is 0 Å². The summed E-state index contributed by atoms with van der Waals surface area (Å²) >= 11 is 0. The Bertz CT molecular complexity index is 652. The number of nitrogens with zero attached hydrogens (tertiary/aromatic N) is 2. The van der Waals surface area contributed by atoms with Gasteiger partial charge in [0.25, 0.3) is 0 Å². The van der Waals surface area contributed by atoms with E-state index in [-0.39, 0.29) is 5.92 Å². The molecule has 1 aromatic heterocycles. The van der Waals surface area contributed by atoms with Crippen molar-refractivity contribution in [3.8, 4) is 0 Å². The second kappa shape index (κ2) is 5.94. The van der Waals surface area contributed by atoms with Crippen LogP contribution in [0.2, 0.25) is 0 Å². The molecular formula is C18H18N2O. The molecule has 0 aliphatic rings. The molecule has 1 N–H and O–H groups in total. The summed E-state index contributed by atoms with van der Waals surface area (Å²) in [4.78, 5) is 0. The lowest BCUT2D eigenvalue weighted by molar-refractivity contribution is 0.149. The highest BCUT2D eigenvalue weighted by molar-refractivity contribution is 5.35. The highest BCUT2D eigenvalue weighted by Crippen LogP contribution is 2.36. The molecule has 3 aromatic rings. The standard InChI is InChI=1S/C18H18N2O/c1-20-16(12-13-19-20)18(21)17(14-8-4-2-5-9-14)15-10-6-3-7-11-15/h2-13,17-18,21H,1H3. The average Bonchev–Trinajstić information content (AvgIpc) is 2.96. The van der Waals surface area contributed by atoms with E-state index in [1.54, 1.807) is 10.9 Å². The van der Waals surface area contributed by atoms with Gasteiger partial charge in [0.15, 0.2) is 0 Å². The van der Waals surface area contributed by atoms with Crippen LogP contribution in [-0.2, 0) is 7.05 Å². The van der Waals surface area contributed by atoms with E-state index >= 15 is 0 Å². The summed E-state index contributed by atoms with van der Waals surface area (Å²) in [5, 5.41) is 15.1. The Morgan fingerprint density at radius 2 is 1.38 bits per heavy atom. The van der Waals surface area contributed by atoms with Crippen LogP contribution in [0.4, 0.5) is 0 Å². The Balaban J connectivity index is 2.07. The summed E-state index contributed by atoms with van der Waals surface area (Å²) in [6.07, 6.45) is 1.08. The lowest BCUT2D eigenvalue weighted by Gasteiger charge is -2.24. The van der Waals surface area contributed by atoms with E-state index < -0.39 is 6.10 Å². The summed E-state index contributed by atoms with van der Waals surface area (Å²) in [5.74, 6) is -0.109. The number of hydrogen-bond donors (Lipinski definition) is 1. The van der Waals surface area contributed by atoms with Crippen molar-refractivity contribution in [3.63, 3.8) is 0 Å². The zero-order valence-corrected chi connectivity index (χ0v) is 11.9. The molecule has 0 aliphatic carbocycles. The molecule has 1 atom stereocenters. The van der Waals surface area contributed by atoms with Crippen LogP contribution in [0.3, 0.4) is 0 Å². The van der Waals surface area contributed by atoms with Crippen molar-refractivity contribution < 1.29 is 5.11 Å². The van der Waals surface area contributed by atoms with Gasteiger partial charge in [0.05, 0.1) is 5.69 Å². The maximum absolute atomic E-state index is 10.9. The fourth-order valence-electron chi connectivity index (χ4n) is 2.72. The number of aromatic nitrogens is 2. The van der Waals surface area contributed by atoms with Gasteiger partial charge in [0, 0.05) is 19.2 Å². The lowest BCUT2D eigenvalue weighted by atomic mass is 9.85. The van der Waals surface area contributed by atoms with Gasteiger partial charge in [-0.3, -0.25) is 4.68 Å². The Morgan fingerprint density at radius 3 is 1.81 bits per heavy atom. The number of aryl methyl sites for hydroxylation is 1. The van der Waals surface area contributed by atoms with Crippen LogP contribution in [0, 0.1) is 0 Å². The van der Waals surface area contributed by atoms with E-state index in [4.69, 9.17) is 0 Å². The highest BCUT2D eigenvalue weighted by atomic mass is 16.3. The molecule has 21 heavy (non-hydrogen) atoms. The molecule has 1 heterocycles. The third-order valence-corrected chi connectivity index (χ3v) is 3.79. The summed E-state index contributed by atoms with van der Waals surface area (Å²) in [6, 6.07) is 22.1. The van der Waals surface area contributed by atoms with Crippen LogP contribution in [0.15, 0.2) is 72.9 Å². The molecule has 0 amide bonds. The first-order valence-corrected chi connectivity index (χ1v) is 7.03. The van der Waals surface area contributed by atoms with Gasteiger partial charge in [-0.15, -0.1) is 0 Å². The average molecular weight is 278 g/mol. The van der Waals surface area contributed by atoms with Gasteiger partial charge in [-0.25, -0.2) is 0 Å². The van der Waals surface area contributed by atoms with E-state index in [0.717, 1.165) is 16.8 Å². The van der Waals surface area contributed by atoms with Crippen LogP contribution in [0.25, 0.3) is 0 Å². The van der Waals surface area contributed by atoms with Crippen molar-refractivity contribution in [1.29, 1.82) is 0 Å². The third kappa shape index (κ3) is 2.73. The minimum Gasteiger partial charge on any atom is -0.386 e. The van der Waals surface area contributed by atoms with E-state index in [2.05, 4.69) is 29.4 Å². The number of benzene rings is 2.